The number of thiazole rings is 1. The van der Waals surface area contributed by atoms with Gasteiger partial charge in [-0.15, -0.1) is 22.7 Å². The van der Waals surface area contributed by atoms with Gasteiger partial charge in [0.15, 0.2) is 10.7 Å². The van der Waals surface area contributed by atoms with Crippen LogP contribution in [-0.4, -0.2) is 16.0 Å². The third-order valence-corrected chi connectivity index (χ3v) is 5.66. The van der Waals surface area contributed by atoms with Gasteiger partial charge >= 0.3 is 0 Å². The summed E-state index contributed by atoms with van der Waals surface area (Å²) in [4.78, 5) is 17.9. The molecule has 0 unspecified atom stereocenters. The topological polar surface area (TPSA) is 68.0 Å². The zero-order valence-corrected chi connectivity index (χ0v) is 15.3. The van der Waals surface area contributed by atoms with Crippen molar-refractivity contribution in [3.05, 3.63) is 51.8 Å². The van der Waals surface area contributed by atoms with Gasteiger partial charge in [0.05, 0.1) is 17.0 Å². The van der Waals surface area contributed by atoms with Gasteiger partial charge in [0.25, 0.3) is 0 Å². The third kappa shape index (κ3) is 3.20. The number of amides is 1. The van der Waals surface area contributed by atoms with Gasteiger partial charge in [-0.1, -0.05) is 11.2 Å². The van der Waals surface area contributed by atoms with Crippen LogP contribution in [0.4, 0.5) is 5.13 Å². The van der Waals surface area contributed by atoms with E-state index in [-0.39, 0.29) is 12.3 Å². The van der Waals surface area contributed by atoms with E-state index in [1.54, 1.807) is 11.3 Å². The van der Waals surface area contributed by atoms with E-state index < -0.39 is 0 Å². The number of rotatable bonds is 4. The minimum atomic E-state index is -0.152. The van der Waals surface area contributed by atoms with Crippen LogP contribution in [0.1, 0.15) is 16.8 Å². The average molecular weight is 369 g/mol. The fourth-order valence-corrected chi connectivity index (χ4v) is 4.04. The van der Waals surface area contributed by atoms with Crippen molar-refractivity contribution in [1.82, 2.24) is 10.1 Å². The largest absolute Gasteiger partial charge is 0.356 e. The number of aryl methyl sites for hydroxylation is 2. The molecule has 1 amide bonds. The Hall–Kier alpha value is -2.51. The summed E-state index contributed by atoms with van der Waals surface area (Å²) < 4.78 is 5.35. The molecule has 126 valence electrons. The number of hydrogen-bond acceptors (Lipinski definition) is 6. The second-order valence-electron chi connectivity index (χ2n) is 5.80. The van der Waals surface area contributed by atoms with Crippen molar-refractivity contribution in [1.29, 1.82) is 0 Å². The van der Waals surface area contributed by atoms with Crippen LogP contribution in [0, 0.1) is 13.8 Å². The first-order chi connectivity index (χ1) is 12.1. The molecule has 0 saturated heterocycles. The highest BCUT2D eigenvalue weighted by molar-refractivity contribution is 7.16. The van der Waals surface area contributed by atoms with Crippen molar-refractivity contribution in [3.8, 4) is 10.6 Å². The van der Waals surface area contributed by atoms with Gasteiger partial charge in [-0.3, -0.25) is 4.79 Å². The lowest BCUT2D eigenvalue weighted by molar-refractivity contribution is -0.115. The molecule has 7 heteroatoms. The molecule has 0 aliphatic rings. The number of aromatic nitrogens is 2. The molecule has 4 aromatic rings. The maximum absolute atomic E-state index is 12.3. The van der Waals surface area contributed by atoms with E-state index in [0.717, 1.165) is 27.1 Å². The Kier molecular flexibility index (Phi) is 4.10. The van der Waals surface area contributed by atoms with Gasteiger partial charge < -0.3 is 9.84 Å². The molecule has 25 heavy (non-hydrogen) atoms. The Morgan fingerprint density at radius 1 is 1.24 bits per heavy atom. The van der Waals surface area contributed by atoms with E-state index in [1.165, 1.54) is 11.3 Å². The van der Waals surface area contributed by atoms with E-state index >= 15 is 0 Å². The lowest BCUT2D eigenvalue weighted by Crippen LogP contribution is -2.14. The van der Waals surface area contributed by atoms with Crippen LogP contribution < -0.4 is 5.32 Å². The maximum atomic E-state index is 12.3. The van der Waals surface area contributed by atoms with Crippen LogP contribution in [0.3, 0.4) is 0 Å². The summed E-state index contributed by atoms with van der Waals surface area (Å²) in [5, 5.41) is 12.3. The standard InChI is InChI=1S/C18H15N3O2S2/c1-10-6-12-13(21-23-15(12)7-11(10)2)8-17(22)20-18-19-14(9-25-18)16-4-3-5-24-16/h3-7,9H,8H2,1-2H3,(H,19,20,22). The lowest BCUT2D eigenvalue weighted by Gasteiger charge is -2.01. The zero-order valence-electron chi connectivity index (χ0n) is 13.7. The van der Waals surface area contributed by atoms with Crippen LogP contribution in [0.2, 0.25) is 0 Å². The number of benzene rings is 1. The molecule has 0 radical (unpaired) electrons. The minimum absolute atomic E-state index is 0.152. The summed E-state index contributed by atoms with van der Waals surface area (Å²) >= 11 is 3.04. The van der Waals surface area contributed by atoms with Crippen molar-refractivity contribution in [3.63, 3.8) is 0 Å². The SMILES string of the molecule is Cc1cc2onc(CC(=O)Nc3nc(-c4cccs4)cs3)c2cc1C. The summed E-state index contributed by atoms with van der Waals surface area (Å²) in [5.41, 5.74) is 4.53. The molecular formula is C18H15N3O2S2. The molecule has 0 spiro atoms. The first kappa shape index (κ1) is 16.0. The number of nitrogens with one attached hydrogen (secondary N) is 1. The zero-order chi connectivity index (χ0) is 17.4. The van der Waals surface area contributed by atoms with E-state index in [2.05, 4.69) is 15.5 Å². The van der Waals surface area contributed by atoms with Crippen molar-refractivity contribution in [2.75, 3.05) is 5.32 Å². The van der Waals surface area contributed by atoms with Crippen LogP contribution in [0.25, 0.3) is 21.5 Å². The molecule has 0 saturated carbocycles. The molecular weight excluding hydrogens is 354 g/mol. The van der Waals surface area contributed by atoms with Crippen LogP contribution in [0.15, 0.2) is 39.5 Å². The Morgan fingerprint density at radius 2 is 2.08 bits per heavy atom. The predicted octanol–water partition coefficient (Wildman–Crippen LogP) is 4.81. The number of carbonyl (C=O) groups excluding carboxylic acids is 1. The number of hydrogen-bond donors (Lipinski definition) is 1. The summed E-state index contributed by atoms with van der Waals surface area (Å²) in [6, 6.07) is 7.96. The molecule has 0 atom stereocenters. The van der Waals surface area contributed by atoms with Gasteiger partial charge in [0, 0.05) is 10.8 Å². The summed E-state index contributed by atoms with van der Waals surface area (Å²) in [7, 11) is 0. The van der Waals surface area contributed by atoms with Crippen molar-refractivity contribution < 1.29 is 9.32 Å². The first-order valence-electron chi connectivity index (χ1n) is 7.75. The van der Waals surface area contributed by atoms with E-state index in [1.807, 2.05) is 48.9 Å². The van der Waals surface area contributed by atoms with Crippen molar-refractivity contribution in [2.45, 2.75) is 20.3 Å². The average Bonchev–Trinajstić information content (AvgIpc) is 3.30. The van der Waals surface area contributed by atoms with E-state index in [4.69, 9.17) is 4.52 Å². The smallest absolute Gasteiger partial charge is 0.232 e. The van der Waals surface area contributed by atoms with Gasteiger partial charge in [0.1, 0.15) is 5.69 Å². The number of fused-ring (bicyclic) bond motifs is 1. The molecule has 0 aliphatic heterocycles. The first-order valence-corrected chi connectivity index (χ1v) is 9.51. The number of thiophene rings is 1. The quantitative estimate of drug-likeness (QED) is 0.560. The van der Waals surface area contributed by atoms with Crippen molar-refractivity contribution in [2.24, 2.45) is 0 Å². The van der Waals surface area contributed by atoms with Gasteiger partial charge in [0.2, 0.25) is 5.91 Å². The van der Waals surface area contributed by atoms with Crippen LogP contribution in [-0.2, 0) is 11.2 Å². The highest BCUT2D eigenvalue weighted by atomic mass is 32.1. The molecule has 3 aromatic heterocycles. The van der Waals surface area contributed by atoms with E-state index in [0.29, 0.717) is 16.4 Å². The molecule has 3 heterocycles. The van der Waals surface area contributed by atoms with Gasteiger partial charge in [-0.05, 0) is 48.6 Å². The fraction of sp³-hybridized carbons (Fsp3) is 0.167. The molecule has 0 aliphatic carbocycles. The van der Waals surface area contributed by atoms with Crippen LogP contribution >= 0.6 is 22.7 Å². The minimum Gasteiger partial charge on any atom is -0.356 e. The highest BCUT2D eigenvalue weighted by Crippen LogP contribution is 2.28. The Morgan fingerprint density at radius 3 is 2.88 bits per heavy atom. The Bertz CT molecular complexity index is 1050. The Labute approximate surface area is 152 Å². The second-order valence-corrected chi connectivity index (χ2v) is 7.61. The summed E-state index contributed by atoms with van der Waals surface area (Å²) in [6.07, 6.45) is 0.156. The van der Waals surface area contributed by atoms with Crippen molar-refractivity contribution >= 4 is 44.7 Å². The fourth-order valence-electron chi connectivity index (χ4n) is 2.56. The number of nitrogens with zero attached hydrogens (tertiary/aromatic N) is 2. The molecule has 1 aromatic carbocycles. The molecule has 0 bridgehead atoms. The molecule has 0 fully saturated rings. The summed E-state index contributed by atoms with van der Waals surface area (Å²) in [5.74, 6) is -0.152. The monoisotopic (exact) mass is 369 g/mol. The molecule has 5 nitrogen and oxygen atoms in total. The number of anilines is 1. The van der Waals surface area contributed by atoms with E-state index in [9.17, 15) is 4.79 Å². The maximum Gasteiger partial charge on any atom is 0.232 e. The highest BCUT2D eigenvalue weighted by Gasteiger charge is 2.15. The molecule has 4 rings (SSSR count). The Balaban J connectivity index is 1.50. The van der Waals surface area contributed by atoms with Gasteiger partial charge in [-0.25, -0.2) is 4.98 Å². The predicted molar refractivity (Wildman–Crippen MR) is 101 cm³/mol. The second kappa shape index (κ2) is 6.42. The molecule has 1 N–H and O–H groups in total. The third-order valence-electron chi connectivity index (χ3n) is 4.01. The van der Waals surface area contributed by atoms with Gasteiger partial charge in [-0.2, -0.15) is 0 Å². The summed E-state index contributed by atoms with van der Waals surface area (Å²) in [6.45, 7) is 4.06. The van der Waals surface area contributed by atoms with Crippen LogP contribution in [0.5, 0.6) is 0 Å². The normalized spacial score (nSPS) is 11.1. The lowest BCUT2D eigenvalue weighted by atomic mass is 10.1. The number of carbonyl (C=O) groups is 1.